The number of nitrogens with zero attached hydrogens (tertiary/aromatic N) is 2. The Bertz CT molecular complexity index is 96.5. The van der Waals surface area contributed by atoms with E-state index in [1.54, 1.807) is 0 Å². The second-order valence-corrected chi connectivity index (χ2v) is 3.31. The molecule has 0 aliphatic heterocycles. The molecule has 0 aliphatic carbocycles. The van der Waals surface area contributed by atoms with E-state index in [2.05, 4.69) is 30.8 Å². The highest BCUT2D eigenvalue weighted by atomic mass is 16.3. The lowest BCUT2D eigenvalue weighted by Crippen LogP contribution is -2.32. The summed E-state index contributed by atoms with van der Waals surface area (Å²) in [5.74, 6) is 0. The Balaban J connectivity index is 3.39. The standard InChI is InChI=1S/C9H22N2O/c1-4-11(6-5-9-12)8-7-10(2)3/h12H,4-9H2,1-3H3. The topological polar surface area (TPSA) is 26.7 Å². The van der Waals surface area contributed by atoms with E-state index >= 15 is 0 Å². The molecule has 12 heavy (non-hydrogen) atoms. The minimum Gasteiger partial charge on any atom is -0.396 e. The van der Waals surface area contributed by atoms with Gasteiger partial charge in [0.05, 0.1) is 0 Å². The normalized spacial score (nSPS) is 11.5. The van der Waals surface area contributed by atoms with Crippen molar-refractivity contribution in [3.63, 3.8) is 0 Å². The molecule has 0 aromatic rings. The maximum Gasteiger partial charge on any atom is 0.0443 e. The zero-order chi connectivity index (χ0) is 9.40. The van der Waals surface area contributed by atoms with Crippen LogP contribution in [0.15, 0.2) is 0 Å². The summed E-state index contributed by atoms with van der Waals surface area (Å²) in [5.41, 5.74) is 0. The van der Waals surface area contributed by atoms with Gasteiger partial charge in [-0.05, 0) is 27.1 Å². The van der Waals surface area contributed by atoms with Crippen molar-refractivity contribution in [2.75, 3.05) is 46.9 Å². The third kappa shape index (κ3) is 6.58. The lowest BCUT2D eigenvalue weighted by molar-refractivity contribution is 0.215. The Labute approximate surface area is 76.0 Å². The molecule has 0 bridgehead atoms. The van der Waals surface area contributed by atoms with Crippen LogP contribution in [0.3, 0.4) is 0 Å². The molecule has 3 heteroatoms. The summed E-state index contributed by atoms with van der Waals surface area (Å²) in [6.45, 7) is 6.75. The Morgan fingerprint density at radius 2 is 1.75 bits per heavy atom. The summed E-state index contributed by atoms with van der Waals surface area (Å²) in [6.07, 6.45) is 0.890. The number of hydrogen-bond donors (Lipinski definition) is 1. The van der Waals surface area contributed by atoms with Crippen molar-refractivity contribution in [1.82, 2.24) is 9.80 Å². The predicted molar refractivity (Wildman–Crippen MR) is 52.4 cm³/mol. The molecule has 0 aliphatic rings. The summed E-state index contributed by atoms with van der Waals surface area (Å²) in [5, 5.41) is 8.65. The van der Waals surface area contributed by atoms with Crippen molar-refractivity contribution < 1.29 is 5.11 Å². The van der Waals surface area contributed by atoms with E-state index in [0.29, 0.717) is 6.61 Å². The average molecular weight is 174 g/mol. The van der Waals surface area contributed by atoms with Crippen molar-refractivity contribution in [3.05, 3.63) is 0 Å². The predicted octanol–water partition coefficient (Wildman–Crippen LogP) is 0.252. The zero-order valence-electron chi connectivity index (χ0n) is 8.58. The molecular formula is C9H22N2O. The first-order chi connectivity index (χ1) is 5.70. The number of rotatable bonds is 7. The van der Waals surface area contributed by atoms with Crippen molar-refractivity contribution in [2.45, 2.75) is 13.3 Å². The molecular weight excluding hydrogens is 152 g/mol. The highest BCUT2D eigenvalue weighted by molar-refractivity contribution is 4.56. The zero-order valence-corrected chi connectivity index (χ0v) is 8.58. The summed E-state index contributed by atoms with van der Waals surface area (Å²) in [6, 6.07) is 0. The maximum atomic E-state index is 8.65. The van der Waals surface area contributed by atoms with E-state index < -0.39 is 0 Å². The van der Waals surface area contributed by atoms with E-state index in [-0.39, 0.29) is 0 Å². The SMILES string of the molecule is CCN(CCCO)CCN(C)C. The molecule has 0 aromatic carbocycles. The highest BCUT2D eigenvalue weighted by Gasteiger charge is 2.01. The molecule has 0 rings (SSSR count). The number of aliphatic hydroxyl groups is 1. The van der Waals surface area contributed by atoms with E-state index in [1.165, 1.54) is 0 Å². The van der Waals surface area contributed by atoms with E-state index in [0.717, 1.165) is 32.6 Å². The summed E-state index contributed by atoms with van der Waals surface area (Å²) in [7, 11) is 4.17. The monoisotopic (exact) mass is 174 g/mol. The van der Waals surface area contributed by atoms with E-state index in [1.807, 2.05) is 0 Å². The van der Waals surface area contributed by atoms with Crippen molar-refractivity contribution in [3.8, 4) is 0 Å². The molecule has 0 fully saturated rings. The van der Waals surface area contributed by atoms with Crippen molar-refractivity contribution in [2.24, 2.45) is 0 Å². The first-order valence-electron chi connectivity index (χ1n) is 4.68. The van der Waals surface area contributed by atoms with E-state index in [9.17, 15) is 0 Å². The van der Waals surface area contributed by atoms with Crippen LogP contribution in [-0.2, 0) is 0 Å². The Morgan fingerprint density at radius 1 is 1.08 bits per heavy atom. The minimum atomic E-state index is 0.304. The summed E-state index contributed by atoms with van der Waals surface area (Å²) < 4.78 is 0. The molecule has 0 heterocycles. The fraction of sp³-hybridized carbons (Fsp3) is 1.00. The van der Waals surface area contributed by atoms with Crippen molar-refractivity contribution >= 4 is 0 Å². The molecule has 0 aromatic heterocycles. The summed E-state index contributed by atoms with van der Waals surface area (Å²) in [4.78, 5) is 4.54. The molecule has 74 valence electrons. The van der Waals surface area contributed by atoms with Crippen LogP contribution in [0, 0.1) is 0 Å². The molecule has 0 saturated carbocycles. The van der Waals surface area contributed by atoms with Gasteiger partial charge in [-0.1, -0.05) is 6.92 Å². The van der Waals surface area contributed by atoms with Crippen LogP contribution >= 0.6 is 0 Å². The van der Waals surface area contributed by atoms with Gasteiger partial charge in [0.15, 0.2) is 0 Å². The Kier molecular flexibility index (Phi) is 7.45. The van der Waals surface area contributed by atoms with Gasteiger partial charge in [-0.3, -0.25) is 0 Å². The van der Waals surface area contributed by atoms with Gasteiger partial charge in [0.2, 0.25) is 0 Å². The van der Waals surface area contributed by atoms with Gasteiger partial charge in [0.25, 0.3) is 0 Å². The molecule has 0 radical (unpaired) electrons. The van der Waals surface area contributed by atoms with Gasteiger partial charge in [0.1, 0.15) is 0 Å². The number of hydrogen-bond acceptors (Lipinski definition) is 3. The van der Waals surface area contributed by atoms with Crippen LogP contribution in [0.4, 0.5) is 0 Å². The summed E-state index contributed by atoms with van der Waals surface area (Å²) >= 11 is 0. The number of likely N-dealkylation sites (N-methyl/N-ethyl adjacent to an activating group) is 2. The smallest absolute Gasteiger partial charge is 0.0443 e. The maximum absolute atomic E-state index is 8.65. The largest absolute Gasteiger partial charge is 0.396 e. The first kappa shape index (κ1) is 11.9. The van der Waals surface area contributed by atoms with Crippen LogP contribution in [-0.4, -0.2) is 61.8 Å². The fourth-order valence-corrected chi connectivity index (χ4v) is 1.06. The third-order valence-electron chi connectivity index (χ3n) is 1.94. The van der Waals surface area contributed by atoms with E-state index in [4.69, 9.17) is 5.11 Å². The van der Waals surface area contributed by atoms with Crippen molar-refractivity contribution in [1.29, 1.82) is 0 Å². The van der Waals surface area contributed by atoms with Gasteiger partial charge in [-0.2, -0.15) is 0 Å². The van der Waals surface area contributed by atoms with Crippen LogP contribution in [0.2, 0.25) is 0 Å². The Morgan fingerprint density at radius 3 is 2.17 bits per heavy atom. The van der Waals surface area contributed by atoms with Gasteiger partial charge >= 0.3 is 0 Å². The Hall–Kier alpha value is -0.120. The average Bonchev–Trinajstić information content (AvgIpc) is 2.05. The van der Waals surface area contributed by atoms with Gasteiger partial charge in [-0.15, -0.1) is 0 Å². The van der Waals surface area contributed by atoms with Gasteiger partial charge < -0.3 is 14.9 Å². The fourth-order valence-electron chi connectivity index (χ4n) is 1.06. The molecule has 0 saturated heterocycles. The molecule has 1 N–H and O–H groups in total. The van der Waals surface area contributed by atoms with Crippen LogP contribution in [0.1, 0.15) is 13.3 Å². The molecule has 0 atom stereocenters. The van der Waals surface area contributed by atoms with Crippen LogP contribution in [0.25, 0.3) is 0 Å². The third-order valence-corrected chi connectivity index (χ3v) is 1.94. The molecule has 0 unspecified atom stereocenters. The van der Waals surface area contributed by atoms with Gasteiger partial charge in [-0.25, -0.2) is 0 Å². The molecule has 3 nitrogen and oxygen atoms in total. The second kappa shape index (κ2) is 7.53. The van der Waals surface area contributed by atoms with Crippen LogP contribution < -0.4 is 0 Å². The lowest BCUT2D eigenvalue weighted by atomic mass is 10.4. The number of aliphatic hydroxyl groups excluding tert-OH is 1. The lowest BCUT2D eigenvalue weighted by Gasteiger charge is -2.21. The minimum absolute atomic E-state index is 0.304. The quantitative estimate of drug-likeness (QED) is 0.599. The molecule has 0 spiro atoms. The van der Waals surface area contributed by atoms with Crippen LogP contribution in [0.5, 0.6) is 0 Å². The second-order valence-electron chi connectivity index (χ2n) is 3.31. The molecule has 0 amide bonds. The highest BCUT2D eigenvalue weighted by Crippen LogP contribution is 1.90. The first-order valence-corrected chi connectivity index (χ1v) is 4.68. The van der Waals surface area contributed by atoms with Gasteiger partial charge in [0, 0.05) is 26.2 Å².